The van der Waals surface area contributed by atoms with Gasteiger partial charge in [0.2, 0.25) is 20.0 Å². The predicted molar refractivity (Wildman–Crippen MR) is 101 cm³/mol. The van der Waals surface area contributed by atoms with E-state index in [0.717, 1.165) is 18.4 Å². The Morgan fingerprint density at radius 2 is 1.71 bits per heavy atom. The standard InChI is InChI=1S/C16H20F3N3O7S2/c1-30(25,26)22-7-5-21(6-8-22)14(23)11-29-15(24)10-20-31(27,28)13-4-2-3-12(9-13)16(17,18)19/h2-4,9,20H,5-8,10-11H2,1H3. The zero-order valence-electron chi connectivity index (χ0n) is 16.3. The van der Waals surface area contributed by atoms with Crippen molar-refractivity contribution in [2.45, 2.75) is 11.1 Å². The largest absolute Gasteiger partial charge is 0.455 e. The van der Waals surface area contributed by atoms with Crippen LogP contribution in [0.4, 0.5) is 13.2 Å². The topological polar surface area (TPSA) is 130 Å². The number of piperazine rings is 1. The minimum absolute atomic E-state index is 0.0926. The summed E-state index contributed by atoms with van der Waals surface area (Å²) in [5.41, 5.74) is -1.17. The second kappa shape index (κ2) is 9.50. The van der Waals surface area contributed by atoms with Crippen LogP contribution in [0.25, 0.3) is 0 Å². The van der Waals surface area contributed by atoms with E-state index in [1.54, 1.807) is 0 Å². The molecule has 1 heterocycles. The summed E-state index contributed by atoms with van der Waals surface area (Å²) < 4.78 is 92.9. The number of carbonyl (C=O) groups excluding carboxylic acids is 2. The highest BCUT2D eigenvalue weighted by molar-refractivity contribution is 7.89. The Kier molecular flexibility index (Phi) is 7.67. The SMILES string of the molecule is CS(=O)(=O)N1CCN(C(=O)COC(=O)CNS(=O)(=O)c2cccc(C(F)(F)F)c2)CC1. The molecule has 10 nitrogen and oxygen atoms in total. The molecular formula is C16H20F3N3O7S2. The first-order chi connectivity index (χ1) is 14.2. The summed E-state index contributed by atoms with van der Waals surface area (Å²) in [4.78, 5) is 24.4. The minimum Gasteiger partial charge on any atom is -0.455 e. The van der Waals surface area contributed by atoms with Crippen molar-refractivity contribution in [1.82, 2.24) is 13.9 Å². The van der Waals surface area contributed by atoms with Crippen LogP contribution in [-0.4, -0.2) is 83.5 Å². The molecule has 0 aromatic heterocycles. The van der Waals surface area contributed by atoms with E-state index in [1.165, 1.54) is 9.21 Å². The number of hydrogen-bond acceptors (Lipinski definition) is 7. The average molecular weight is 487 g/mol. The van der Waals surface area contributed by atoms with Crippen molar-refractivity contribution in [2.75, 3.05) is 45.6 Å². The van der Waals surface area contributed by atoms with E-state index in [1.807, 2.05) is 4.72 Å². The van der Waals surface area contributed by atoms with Gasteiger partial charge < -0.3 is 9.64 Å². The summed E-state index contributed by atoms with van der Waals surface area (Å²) in [5.74, 6) is -1.71. The molecule has 1 aliphatic heterocycles. The molecule has 31 heavy (non-hydrogen) atoms. The number of esters is 1. The van der Waals surface area contributed by atoms with Crippen LogP contribution in [-0.2, 0) is 40.5 Å². The molecule has 1 fully saturated rings. The van der Waals surface area contributed by atoms with Gasteiger partial charge in [-0.25, -0.2) is 16.8 Å². The van der Waals surface area contributed by atoms with Crippen molar-refractivity contribution in [3.63, 3.8) is 0 Å². The average Bonchev–Trinajstić information content (AvgIpc) is 2.69. The maximum atomic E-state index is 12.7. The smallest absolute Gasteiger partial charge is 0.416 e. The number of amides is 1. The van der Waals surface area contributed by atoms with Gasteiger partial charge in [-0.15, -0.1) is 0 Å². The number of sulfonamides is 2. The van der Waals surface area contributed by atoms with Crippen molar-refractivity contribution < 1.29 is 44.3 Å². The van der Waals surface area contributed by atoms with Crippen LogP contribution in [0.2, 0.25) is 0 Å². The van der Waals surface area contributed by atoms with Crippen LogP contribution in [0.3, 0.4) is 0 Å². The van der Waals surface area contributed by atoms with Crippen molar-refractivity contribution in [3.05, 3.63) is 29.8 Å². The Morgan fingerprint density at radius 1 is 1.10 bits per heavy atom. The van der Waals surface area contributed by atoms with Crippen molar-refractivity contribution in [1.29, 1.82) is 0 Å². The highest BCUT2D eigenvalue weighted by Gasteiger charge is 2.32. The Morgan fingerprint density at radius 3 is 2.26 bits per heavy atom. The van der Waals surface area contributed by atoms with Crippen molar-refractivity contribution in [3.8, 4) is 0 Å². The molecule has 1 aliphatic rings. The van der Waals surface area contributed by atoms with Gasteiger partial charge in [0, 0.05) is 26.2 Å². The lowest BCUT2D eigenvalue weighted by atomic mass is 10.2. The molecule has 1 aromatic carbocycles. The predicted octanol–water partition coefficient (Wildman–Crippen LogP) is -0.369. The zero-order valence-corrected chi connectivity index (χ0v) is 17.9. The molecule has 1 amide bonds. The van der Waals surface area contributed by atoms with Gasteiger partial charge >= 0.3 is 12.1 Å². The van der Waals surface area contributed by atoms with E-state index in [9.17, 15) is 39.6 Å². The summed E-state index contributed by atoms with van der Waals surface area (Å²) >= 11 is 0. The van der Waals surface area contributed by atoms with Gasteiger partial charge in [0.05, 0.1) is 16.7 Å². The Bertz CT molecular complexity index is 1030. The Hall–Kier alpha value is -2.23. The Labute approximate surface area is 177 Å². The monoisotopic (exact) mass is 487 g/mol. The fourth-order valence-corrected chi connectivity index (χ4v) is 4.47. The number of alkyl halides is 3. The third-order valence-electron chi connectivity index (χ3n) is 4.30. The number of benzene rings is 1. The summed E-state index contributed by atoms with van der Waals surface area (Å²) in [6.07, 6.45) is -3.69. The third kappa shape index (κ3) is 7.15. The van der Waals surface area contributed by atoms with Crippen LogP contribution in [0.15, 0.2) is 29.2 Å². The lowest BCUT2D eigenvalue weighted by Gasteiger charge is -2.33. The molecule has 0 aliphatic carbocycles. The quantitative estimate of drug-likeness (QED) is 0.520. The van der Waals surface area contributed by atoms with Crippen LogP contribution in [0, 0.1) is 0 Å². The first-order valence-electron chi connectivity index (χ1n) is 8.75. The fraction of sp³-hybridized carbons (Fsp3) is 0.500. The molecular weight excluding hydrogens is 467 g/mol. The molecule has 0 radical (unpaired) electrons. The number of nitrogens with one attached hydrogen (secondary N) is 1. The zero-order chi connectivity index (χ0) is 23.4. The van der Waals surface area contributed by atoms with E-state index in [4.69, 9.17) is 4.74 Å². The van der Waals surface area contributed by atoms with Crippen LogP contribution < -0.4 is 4.72 Å². The van der Waals surface area contributed by atoms with Crippen molar-refractivity contribution in [2.24, 2.45) is 0 Å². The molecule has 0 unspecified atom stereocenters. The lowest BCUT2D eigenvalue weighted by molar-refractivity contribution is -0.151. The number of ether oxygens (including phenoxy) is 1. The van der Waals surface area contributed by atoms with Gasteiger partial charge in [0.25, 0.3) is 5.91 Å². The van der Waals surface area contributed by atoms with E-state index < -0.39 is 61.7 Å². The molecule has 0 spiro atoms. The molecule has 1 saturated heterocycles. The fourth-order valence-electron chi connectivity index (χ4n) is 2.63. The first-order valence-corrected chi connectivity index (χ1v) is 12.1. The van der Waals surface area contributed by atoms with Gasteiger partial charge in [-0.3, -0.25) is 9.59 Å². The molecule has 0 saturated carbocycles. The van der Waals surface area contributed by atoms with Gasteiger partial charge in [-0.2, -0.15) is 22.2 Å². The van der Waals surface area contributed by atoms with Gasteiger partial charge in [0.15, 0.2) is 6.61 Å². The number of rotatable bonds is 7. The van der Waals surface area contributed by atoms with Crippen LogP contribution in [0.5, 0.6) is 0 Å². The van der Waals surface area contributed by atoms with Crippen LogP contribution in [0.1, 0.15) is 5.56 Å². The summed E-state index contributed by atoms with van der Waals surface area (Å²) in [5, 5.41) is 0. The molecule has 0 atom stereocenters. The molecule has 1 N–H and O–H groups in total. The third-order valence-corrected chi connectivity index (χ3v) is 7.00. The number of carbonyl (C=O) groups is 2. The number of halogens is 3. The van der Waals surface area contributed by atoms with Gasteiger partial charge in [-0.05, 0) is 18.2 Å². The van der Waals surface area contributed by atoms with E-state index in [-0.39, 0.29) is 26.2 Å². The van der Waals surface area contributed by atoms with Gasteiger partial charge in [0.1, 0.15) is 6.54 Å². The van der Waals surface area contributed by atoms with Crippen LogP contribution >= 0.6 is 0 Å². The summed E-state index contributed by atoms with van der Waals surface area (Å²) in [6, 6.07) is 2.97. The van der Waals surface area contributed by atoms with E-state index in [2.05, 4.69) is 0 Å². The summed E-state index contributed by atoms with van der Waals surface area (Å²) in [7, 11) is -7.80. The highest BCUT2D eigenvalue weighted by Crippen LogP contribution is 2.30. The minimum atomic E-state index is -4.74. The maximum Gasteiger partial charge on any atom is 0.416 e. The summed E-state index contributed by atoms with van der Waals surface area (Å²) in [6.45, 7) is -1.20. The molecule has 0 bridgehead atoms. The molecule has 15 heteroatoms. The second-order valence-electron chi connectivity index (χ2n) is 6.55. The Balaban J connectivity index is 1.83. The number of hydrogen-bond donors (Lipinski definition) is 1. The van der Waals surface area contributed by atoms with E-state index in [0.29, 0.717) is 12.1 Å². The lowest BCUT2D eigenvalue weighted by Crippen LogP contribution is -2.51. The molecule has 2 rings (SSSR count). The highest BCUT2D eigenvalue weighted by atomic mass is 32.2. The van der Waals surface area contributed by atoms with Crippen molar-refractivity contribution >= 4 is 31.9 Å². The molecule has 174 valence electrons. The maximum absolute atomic E-state index is 12.7. The first kappa shape index (κ1) is 25.0. The second-order valence-corrected chi connectivity index (χ2v) is 10.3. The molecule has 1 aromatic rings. The number of nitrogens with zero attached hydrogens (tertiary/aromatic N) is 2. The van der Waals surface area contributed by atoms with E-state index >= 15 is 0 Å². The normalized spacial score (nSPS) is 16.2. The van der Waals surface area contributed by atoms with Gasteiger partial charge in [-0.1, -0.05) is 6.07 Å².